The molecule has 0 amide bonds. The highest BCUT2D eigenvalue weighted by atomic mass is 16.7. The van der Waals surface area contributed by atoms with Crippen molar-refractivity contribution >= 4 is 34.8 Å². The molecule has 14 nitrogen and oxygen atoms in total. The van der Waals surface area contributed by atoms with Crippen LogP contribution in [-0.4, -0.2) is 68.0 Å². The molecule has 1 saturated heterocycles. The number of rotatable bonds is 9. The van der Waals surface area contributed by atoms with Crippen molar-refractivity contribution in [3.05, 3.63) is 51.9 Å². The monoisotopic (exact) mass is 654 g/mol. The Labute approximate surface area is 268 Å². The van der Waals surface area contributed by atoms with Crippen molar-refractivity contribution < 1.29 is 61.5 Å². The van der Waals surface area contributed by atoms with Gasteiger partial charge in [-0.2, -0.15) is 0 Å². The van der Waals surface area contributed by atoms with E-state index in [4.69, 9.17) is 42.3 Å². The van der Waals surface area contributed by atoms with E-state index in [1.54, 1.807) is 31.2 Å². The van der Waals surface area contributed by atoms with Gasteiger partial charge in [0.25, 0.3) is 0 Å². The minimum atomic E-state index is -1.46. The van der Waals surface area contributed by atoms with E-state index in [2.05, 4.69) is 0 Å². The summed E-state index contributed by atoms with van der Waals surface area (Å²) in [5.41, 5.74) is 1.44. The summed E-state index contributed by atoms with van der Waals surface area (Å²) in [7, 11) is 0. The summed E-state index contributed by atoms with van der Waals surface area (Å²) < 4.78 is 50.9. The molecular formula is C33H34O14. The van der Waals surface area contributed by atoms with E-state index in [9.17, 15) is 24.0 Å². The van der Waals surface area contributed by atoms with Gasteiger partial charge >= 0.3 is 23.9 Å². The third kappa shape index (κ3) is 7.17. The Kier molecular flexibility index (Phi) is 9.70. The number of benzene rings is 2. The number of hydrogen-bond acceptors (Lipinski definition) is 14. The molecule has 0 aliphatic carbocycles. The van der Waals surface area contributed by atoms with Gasteiger partial charge in [0, 0.05) is 33.8 Å². The Hall–Kier alpha value is -5.11. The van der Waals surface area contributed by atoms with Gasteiger partial charge in [0.2, 0.25) is 24.6 Å². The Morgan fingerprint density at radius 3 is 2.15 bits per heavy atom. The number of carbonyl (C=O) groups is 4. The number of ether oxygens (including phenoxy) is 8. The lowest BCUT2D eigenvalue weighted by atomic mass is 9.97. The van der Waals surface area contributed by atoms with Gasteiger partial charge in [-0.3, -0.25) is 24.0 Å². The Balaban J connectivity index is 1.56. The zero-order valence-corrected chi connectivity index (χ0v) is 26.6. The number of carbonyl (C=O) groups excluding carboxylic acids is 4. The molecule has 5 atom stereocenters. The fraction of sp³-hybridized carbons (Fsp3) is 0.424. The minimum absolute atomic E-state index is 0.0896. The Morgan fingerprint density at radius 1 is 0.830 bits per heavy atom. The lowest BCUT2D eigenvalue weighted by molar-refractivity contribution is -0.288. The molecule has 0 saturated carbocycles. The first-order chi connectivity index (χ1) is 22.4. The smallest absolute Gasteiger partial charge is 0.303 e. The molecule has 3 heterocycles. The predicted molar refractivity (Wildman–Crippen MR) is 161 cm³/mol. The highest BCUT2D eigenvalue weighted by Crippen LogP contribution is 2.38. The SMILES string of the molecule is CCc1cc2c(=O)c(-c3ccc4c(c3)OCO4)c(C)oc2cc1O[C@H]1O[C@H](COC(C)=O)[C@@H](OC(C)=O)[C@@H](OC(C)=O)[C@H]1OC(C)=O. The molecule has 14 heteroatoms. The average Bonchev–Trinajstić information content (AvgIpc) is 3.46. The molecule has 0 bridgehead atoms. The van der Waals surface area contributed by atoms with E-state index in [1.165, 1.54) is 13.0 Å². The number of fused-ring (bicyclic) bond motifs is 2. The van der Waals surface area contributed by atoms with Gasteiger partial charge in [0.1, 0.15) is 29.8 Å². The first-order valence-electron chi connectivity index (χ1n) is 14.8. The molecule has 2 aromatic carbocycles. The largest absolute Gasteiger partial charge is 0.463 e. The van der Waals surface area contributed by atoms with E-state index in [1.807, 2.05) is 6.92 Å². The Bertz CT molecular complexity index is 1780. The van der Waals surface area contributed by atoms with Crippen molar-refractivity contribution in [1.82, 2.24) is 0 Å². The topological polar surface area (TPSA) is 172 Å². The van der Waals surface area contributed by atoms with E-state index in [0.29, 0.717) is 40.4 Å². The van der Waals surface area contributed by atoms with Crippen LogP contribution in [0.5, 0.6) is 17.2 Å². The predicted octanol–water partition coefficient (Wildman–Crippen LogP) is 3.52. The standard InChI is InChI=1S/C33H34O14/c1-7-20-10-22-25(42-15(2)28(29(22)38)21-8-9-23-26(11-21)41-14-40-23)12-24(20)46-33-32(45-19(6)37)31(44-18(5)36)30(43-17(4)35)27(47-33)13-39-16(3)34/h8-12,27,30-33H,7,13-14H2,1-6H3/t27-,30-,31-,32-,33+/m1/s1. The molecule has 47 heavy (non-hydrogen) atoms. The molecule has 1 fully saturated rings. The van der Waals surface area contributed by atoms with Crippen LogP contribution in [0.15, 0.2) is 39.5 Å². The van der Waals surface area contributed by atoms with Crippen LogP contribution in [0, 0.1) is 6.92 Å². The van der Waals surface area contributed by atoms with E-state index in [0.717, 1.165) is 20.8 Å². The second kappa shape index (κ2) is 13.7. The summed E-state index contributed by atoms with van der Waals surface area (Å²) in [5.74, 6) is -1.30. The molecule has 3 aromatic rings. The lowest BCUT2D eigenvalue weighted by Gasteiger charge is -2.44. The highest BCUT2D eigenvalue weighted by Gasteiger charge is 2.53. The molecule has 0 unspecified atom stereocenters. The lowest BCUT2D eigenvalue weighted by Crippen LogP contribution is -2.63. The Morgan fingerprint density at radius 2 is 1.49 bits per heavy atom. The summed E-state index contributed by atoms with van der Waals surface area (Å²) in [6.45, 7) is 7.76. The quantitative estimate of drug-likeness (QED) is 0.242. The maximum atomic E-state index is 13.8. The van der Waals surface area contributed by atoms with E-state index < -0.39 is 61.2 Å². The van der Waals surface area contributed by atoms with Crippen LogP contribution in [0.4, 0.5) is 0 Å². The molecule has 250 valence electrons. The zero-order valence-electron chi connectivity index (χ0n) is 26.6. The second-order valence-corrected chi connectivity index (χ2v) is 10.9. The molecular weight excluding hydrogens is 620 g/mol. The third-order valence-corrected chi connectivity index (χ3v) is 7.48. The minimum Gasteiger partial charge on any atom is -0.463 e. The number of aryl methyl sites for hydroxylation is 2. The third-order valence-electron chi connectivity index (χ3n) is 7.48. The first kappa shape index (κ1) is 33.3. The van der Waals surface area contributed by atoms with E-state index in [-0.39, 0.29) is 28.9 Å². The van der Waals surface area contributed by atoms with Gasteiger partial charge in [0.15, 0.2) is 23.7 Å². The normalized spacial score (nSPS) is 21.5. The van der Waals surface area contributed by atoms with Gasteiger partial charge in [-0.15, -0.1) is 0 Å². The summed E-state index contributed by atoms with van der Waals surface area (Å²) >= 11 is 0. The summed E-state index contributed by atoms with van der Waals surface area (Å²) in [4.78, 5) is 62.0. The molecule has 2 aliphatic rings. The van der Waals surface area contributed by atoms with Crippen molar-refractivity contribution in [2.45, 2.75) is 78.7 Å². The molecule has 2 aliphatic heterocycles. The molecule has 1 aromatic heterocycles. The second-order valence-electron chi connectivity index (χ2n) is 10.9. The fourth-order valence-corrected chi connectivity index (χ4v) is 5.56. The number of hydrogen-bond donors (Lipinski definition) is 0. The van der Waals surface area contributed by atoms with Gasteiger partial charge < -0.3 is 42.3 Å². The zero-order chi connectivity index (χ0) is 34.0. The van der Waals surface area contributed by atoms with Gasteiger partial charge in [-0.1, -0.05) is 13.0 Å². The van der Waals surface area contributed by atoms with Crippen molar-refractivity contribution in [3.8, 4) is 28.4 Å². The summed E-state index contributed by atoms with van der Waals surface area (Å²) in [5, 5.41) is 0.286. The van der Waals surface area contributed by atoms with Crippen LogP contribution in [0.25, 0.3) is 22.1 Å². The van der Waals surface area contributed by atoms with Crippen LogP contribution in [-0.2, 0) is 49.3 Å². The van der Waals surface area contributed by atoms with Crippen LogP contribution in [0.3, 0.4) is 0 Å². The van der Waals surface area contributed by atoms with E-state index >= 15 is 0 Å². The van der Waals surface area contributed by atoms with Crippen LogP contribution in [0.1, 0.15) is 45.9 Å². The summed E-state index contributed by atoms with van der Waals surface area (Å²) in [6.07, 6.45) is -6.44. The maximum Gasteiger partial charge on any atom is 0.303 e. The van der Waals surface area contributed by atoms with Crippen molar-refractivity contribution in [2.24, 2.45) is 0 Å². The van der Waals surface area contributed by atoms with Crippen LogP contribution >= 0.6 is 0 Å². The van der Waals surface area contributed by atoms with Gasteiger partial charge in [-0.05, 0) is 42.7 Å². The van der Waals surface area contributed by atoms with Crippen molar-refractivity contribution in [2.75, 3.05) is 13.4 Å². The maximum absolute atomic E-state index is 13.8. The first-order valence-corrected chi connectivity index (χ1v) is 14.8. The number of esters is 4. The molecule has 0 N–H and O–H groups in total. The van der Waals surface area contributed by atoms with Crippen LogP contribution in [0.2, 0.25) is 0 Å². The van der Waals surface area contributed by atoms with Gasteiger partial charge in [-0.25, -0.2) is 0 Å². The van der Waals surface area contributed by atoms with Gasteiger partial charge in [0.05, 0.1) is 10.9 Å². The fourth-order valence-electron chi connectivity index (χ4n) is 5.56. The molecule has 0 spiro atoms. The highest BCUT2D eigenvalue weighted by molar-refractivity contribution is 5.85. The average molecular weight is 655 g/mol. The van der Waals surface area contributed by atoms with Crippen LogP contribution < -0.4 is 19.6 Å². The molecule has 5 rings (SSSR count). The summed E-state index contributed by atoms with van der Waals surface area (Å²) in [6, 6.07) is 8.35. The van der Waals surface area contributed by atoms with Crippen molar-refractivity contribution in [1.29, 1.82) is 0 Å². The molecule has 0 radical (unpaired) electrons. The van der Waals surface area contributed by atoms with Crippen molar-refractivity contribution in [3.63, 3.8) is 0 Å².